The van der Waals surface area contributed by atoms with Gasteiger partial charge in [-0.3, -0.25) is 19.2 Å². The van der Waals surface area contributed by atoms with Crippen LogP contribution >= 0.6 is 0 Å². The van der Waals surface area contributed by atoms with Gasteiger partial charge in [0.1, 0.15) is 12.1 Å². The maximum absolute atomic E-state index is 13.3. The Kier molecular flexibility index (Phi) is 13.2. The predicted octanol–water partition coefficient (Wildman–Crippen LogP) is 1.63. The van der Waals surface area contributed by atoms with Crippen LogP contribution in [0.2, 0.25) is 0 Å². The maximum atomic E-state index is 13.3. The highest BCUT2D eigenvalue weighted by Crippen LogP contribution is 2.12. The van der Waals surface area contributed by atoms with E-state index < -0.39 is 41.9 Å². The molecule has 9 nitrogen and oxygen atoms in total. The fourth-order valence-corrected chi connectivity index (χ4v) is 3.94. The van der Waals surface area contributed by atoms with Gasteiger partial charge in [-0.05, 0) is 36.2 Å². The molecule has 7 N–H and O–H groups in total. The summed E-state index contributed by atoms with van der Waals surface area (Å²) in [7, 11) is 0. The number of nitrogens with one attached hydrogen (secondary N) is 3. The Balaban J connectivity index is 3.03. The van der Waals surface area contributed by atoms with Gasteiger partial charge >= 0.3 is 0 Å². The summed E-state index contributed by atoms with van der Waals surface area (Å²) in [5, 5.41) is 8.58. The van der Waals surface area contributed by atoms with Crippen LogP contribution in [0.25, 0.3) is 0 Å². The van der Waals surface area contributed by atoms with Crippen LogP contribution in [0.15, 0.2) is 30.3 Å². The first-order valence-corrected chi connectivity index (χ1v) is 12.8. The molecule has 1 aromatic rings. The van der Waals surface area contributed by atoms with E-state index in [4.69, 9.17) is 11.5 Å². The Morgan fingerprint density at radius 2 is 1.42 bits per heavy atom. The van der Waals surface area contributed by atoms with Crippen LogP contribution in [0.4, 0.5) is 0 Å². The molecule has 0 unspecified atom stereocenters. The van der Waals surface area contributed by atoms with E-state index in [1.165, 1.54) is 0 Å². The molecule has 9 heteroatoms. The summed E-state index contributed by atoms with van der Waals surface area (Å²) < 4.78 is 0. The molecule has 4 atom stereocenters. The second-order valence-corrected chi connectivity index (χ2v) is 10.7. The highest BCUT2D eigenvalue weighted by atomic mass is 16.2. The molecule has 36 heavy (non-hydrogen) atoms. The van der Waals surface area contributed by atoms with E-state index in [1.807, 2.05) is 71.9 Å². The SMILES string of the molecule is CC(C)CC(=O)N[C@@H](CC(C)C)C(=O)N[C@H](C(=O)N[C@@H](Cc1ccccc1)[C@@H](N)CC(N)=O)C(C)C. The summed E-state index contributed by atoms with van der Waals surface area (Å²) in [6, 6.07) is 6.61. The summed E-state index contributed by atoms with van der Waals surface area (Å²) in [4.78, 5) is 50.4. The van der Waals surface area contributed by atoms with Crippen molar-refractivity contribution < 1.29 is 19.2 Å². The highest BCUT2D eigenvalue weighted by molar-refractivity contribution is 5.92. The van der Waals surface area contributed by atoms with Gasteiger partial charge in [0.05, 0.1) is 0 Å². The van der Waals surface area contributed by atoms with Gasteiger partial charge in [0.2, 0.25) is 23.6 Å². The van der Waals surface area contributed by atoms with Crippen LogP contribution in [0, 0.1) is 17.8 Å². The maximum Gasteiger partial charge on any atom is 0.243 e. The molecule has 0 aromatic heterocycles. The molecule has 0 aliphatic rings. The van der Waals surface area contributed by atoms with Gasteiger partial charge in [0.25, 0.3) is 0 Å². The third kappa shape index (κ3) is 11.7. The Hall–Kier alpha value is -2.94. The van der Waals surface area contributed by atoms with Gasteiger partial charge in [-0.25, -0.2) is 0 Å². The van der Waals surface area contributed by atoms with Crippen molar-refractivity contribution in [2.24, 2.45) is 29.2 Å². The summed E-state index contributed by atoms with van der Waals surface area (Å²) in [5.41, 5.74) is 12.5. The first-order chi connectivity index (χ1) is 16.8. The number of primary amides is 1. The van der Waals surface area contributed by atoms with Gasteiger partial charge in [-0.1, -0.05) is 71.9 Å². The first-order valence-electron chi connectivity index (χ1n) is 12.8. The molecule has 1 aromatic carbocycles. The van der Waals surface area contributed by atoms with Gasteiger partial charge in [-0.15, -0.1) is 0 Å². The van der Waals surface area contributed by atoms with Crippen LogP contribution in [-0.4, -0.2) is 47.8 Å². The average molecular weight is 504 g/mol. The summed E-state index contributed by atoms with van der Waals surface area (Å²) in [6.45, 7) is 11.5. The van der Waals surface area contributed by atoms with Gasteiger partial charge in [0.15, 0.2) is 0 Å². The summed E-state index contributed by atoms with van der Waals surface area (Å²) in [5.74, 6) is -1.48. The Bertz CT molecular complexity index is 857. The highest BCUT2D eigenvalue weighted by Gasteiger charge is 2.31. The molecule has 0 fully saturated rings. The summed E-state index contributed by atoms with van der Waals surface area (Å²) in [6.07, 6.45) is 1.08. The second kappa shape index (κ2) is 15.2. The van der Waals surface area contributed by atoms with Crippen molar-refractivity contribution in [2.75, 3.05) is 0 Å². The van der Waals surface area contributed by atoms with Crippen molar-refractivity contribution in [3.05, 3.63) is 35.9 Å². The van der Waals surface area contributed by atoms with Crippen LogP contribution in [0.5, 0.6) is 0 Å². The molecule has 0 saturated carbocycles. The first kappa shape index (κ1) is 31.1. The van der Waals surface area contributed by atoms with Crippen molar-refractivity contribution in [3.63, 3.8) is 0 Å². The van der Waals surface area contributed by atoms with Gasteiger partial charge in [0, 0.05) is 24.9 Å². The van der Waals surface area contributed by atoms with Crippen LogP contribution in [0.1, 0.15) is 66.4 Å². The third-order valence-electron chi connectivity index (χ3n) is 5.78. The summed E-state index contributed by atoms with van der Waals surface area (Å²) >= 11 is 0. The third-order valence-corrected chi connectivity index (χ3v) is 5.78. The average Bonchev–Trinajstić information content (AvgIpc) is 2.75. The molecule has 202 valence electrons. The monoisotopic (exact) mass is 503 g/mol. The zero-order chi connectivity index (χ0) is 27.4. The molecule has 0 saturated heterocycles. The van der Waals surface area contributed by atoms with Gasteiger partial charge in [-0.2, -0.15) is 0 Å². The second-order valence-electron chi connectivity index (χ2n) is 10.7. The fraction of sp³-hybridized carbons (Fsp3) is 0.630. The standard InChI is InChI=1S/C27H45N5O4/c1-16(2)12-22(30-24(34)13-17(3)4)26(35)32-25(18(5)6)27(36)31-21(20(28)15-23(29)33)14-19-10-8-7-9-11-19/h7-11,16-18,20-22,25H,12-15,28H2,1-6H3,(H2,29,33)(H,30,34)(H,31,36)(H,32,35)/t20-,21-,22-,25-/m0/s1. The number of carbonyl (C=O) groups excluding carboxylic acids is 4. The van der Waals surface area contributed by atoms with Crippen LogP contribution in [0.3, 0.4) is 0 Å². The van der Waals surface area contributed by atoms with E-state index in [0.717, 1.165) is 5.56 Å². The molecule has 0 aliphatic carbocycles. The smallest absolute Gasteiger partial charge is 0.243 e. The molecule has 0 heterocycles. The van der Waals surface area contributed by atoms with E-state index in [1.54, 1.807) is 0 Å². The number of hydrogen-bond donors (Lipinski definition) is 5. The van der Waals surface area contributed by atoms with Crippen molar-refractivity contribution in [3.8, 4) is 0 Å². The molecule has 4 amide bonds. The largest absolute Gasteiger partial charge is 0.370 e. The Morgan fingerprint density at radius 1 is 0.806 bits per heavy atom. The molecular weight excluding hydrogens is 458 g/mol. The zero-order valence-electron chi connectivity index (χ0n) is 22.5. The fourth-order valence-electron chi connectivity index (χ4n) is 3.94. The van der Waals surface area contributed by atoms with E-state index in [0.29, 0.717) is 19.3 Å². The molecular formula is C27H45N5O4. The lowest BCUT2D eigenvalue weighted by Gasteiger charge is -2.30. The number of benzene rings is 1. The number of rotatable bonds is 15. The van der Waals surface area contributed by atoms with Crippen molar-refractivity contribution in [1.29, 1.82) is 0 Å². The Labute approximate surface area is 215 Å². The quantitative estimate of drug-likeness (QED) is 0.246. The Morgan fingerprint density at radius 3 is 1.92 bits per heavy atom. The lowest BCUT2D eigenvalue weighted by atomic mass is 9.95. The van der Waals surface area contributed by atoms with E-state index >= 15 is 0 Å². The number of amides is 4. The minimum absolute atomic E-state index is 0.0885. The van der Waals surface area contributed by atoms with Gasteiger partial charge < -0.3 is 27.4 Å². The lowest BCUT2D eigenvalue weighted by molar-refractivity contribution is -0.133. The van der Waals surface area contributed by atoms with Crippen LogP contribution < -0.4 is 27.4 Å². The zero-order valence-corrected chi connectivity index (χ0v) is 22.5. The van der Waals surface area contributed by atoms with Crippen molar-refractivity contribution >= 4 is 23.6 Å². The minimum atomic E-state index is -0.854. The number of nitrogens with two attached hydrogens (primary N) is 2. The lowest BCUT2D eigenvalue weighted by Crippen LogP contribution is -2.59. The predicted molar refractivity (Wildman–Crippen MR) is 141 cm³/mol. The number of hydrogen-bond acceptors (Lipinski definition) is 5. The molecule has 0 spiro atoms. The van der Waals surface area contributed by atoms with Crippen molar-refractivity contribution in [1.82, 2.24) is 16.0 Å². The normalized spacial score (nSPS) is 14.7. The topological polar surface area (TPSA) is 156 Å². The number of carbonyl (C=O) groups is 4. The van der Waals surface area contributed by atoms with E-state index in [9.17, 15) is 19.2 Å². The molecule has 0 bridgehead atoms. The van der Waals surface area contributed by atoms with Crippen molar-refractivity contribution in [2.45, 2.75) is 91.4 Å². The van der Waals surface area contributed by atoms with E-state index in [2.05, 4.69) is 16.0 Å². The molecule has 0 aliphatic heterocycles. The molecule has 0 radical (unpaired) electrons. The minimum Gasteiger partial charge on any atom is -0.370 e. The molecule has 1 rings (SSSR count). The van der Waals surface area contributed by atoms with Crippen LogP contribution in [-0.2, 0) is 25.6 Å². The van der Waals surface area contributed by atoms with E-state index in [-0.39, 0.29) is 30.1 Å².